The molecule has 1 fully saturated rings. The minimum absolute atomic E-state index is 0.149. The number of hydrogen-bond donors (Lipinski definition) is 5. The average Bonchev–Trinajstić information content (AvgIpc) is 3.84. The zero-order valence-corrected chi connectivity index (χ0v) is 25.0. The van der Waals surface area contributed by atoms with Crippen LogP contribution in [0.3, 0.4) is 0 Å². The Kier molecular flexibility index (Phi) is 9.76. The Hall–Kier alpha value is -5.19. The molecule has 3 atom stereocenters. The van der Waals surface area contributed by atoms with Crippen molar-refractivity contribution in [3.8, 4) is 5.75 Å². The molecule has 3 aromatic rings. The van der Waals surface area contributed by atoms with Crippen molar-refractivity contribution < 1.29 is 28.7 Å². The van der Waals surface area contributed by atoms with Crippen LogP contribution >= 0.6 is 0 Å². The zero-order valence-electron chi connectivity index (χ0n) is 25.0. The summed E-state index contributed by atoms with van der Waals surface area (Å²) in [4.78, 5) is 66.5. The number of carbonyl (C=O) groups is 5. The summed E-state index contributed by atoms with van der Waals surface area (Å²) in [7, 11) is 0. The molecule has 3 aliphatic rings. The van der Waals surface area contributed by atoms with Gasteiger partial charge in [0.25, 0.3) is 5.91 Å². The molecule has 0 saturated heterocycles. The second-order valence-electron chi connectivity index (χ2n) is 11.4. The molecular weight excluding hydrogens is 574 g/mol. The van der Waals surface area contributed by atoms with Crippen molar-refractivity contribution in [2.75, 3.05) is 13.2 Å². The van der Waals surface area contributed by atoms with Gasteiger partial charge >= 0.3 is 0 Å². The molecule has 1 aliphatic carbocycles. The van der Waals surface area contributed by atoms with Crippen molar-refractivity contribution in [3.63, 3.8) is 0 Å². The Labute approximate surface area is 261 Å². The van der Waals surface area contributed by atoms with E-state index in [9.17, 15) is 24.0 Å². The molecule has 0 aromatic heterocycles. The van der Waals surface area contributed by atoms with Crippen LogP contribution in [-0.2, 0) is 32.0 Å². The third-order valence-corrected chi connectivity index (χ3v) is 7.89. The summed E-state index contributed by atoms with van der Waals surface area (Å²) in [6.45, 7) is 1.94. The van der Waals surface area contributed by atoms with Crippen LogP contribution in [0, 0.1) is 0 Å². The maximum atomic E-state index is 13.5. The van der Waals surface area contributed by atoms with Gasteiger partial charge in [-0.3, -0.25) is 24.0 Å². The molecule has 0 unspecified atom stereocenters. The van der Waals surface area contributed by atoms with Crippen LogP contribution in [0.2, 0.25) is 0 Å². The summed E-state index contributed by atoms with van der Waals surface area (Å²) in [5.74, 6) is -1.82. The molecule has 2 aliphatic heterocycles. The lowest BCUT2D eigenvalue weighted by Crippen LogP contribution is -2.59. The van der Waals surface area contributed by atoms with Gasteiger partial charge in [-0.2, -0.15) is 0 Å². The Morgan fingerprint density at radius 1 is 0.844 bits per heavy atom. The normalized spacial score (nSPS) is 22.2. The number of carbonyl (C=O) groups excluding carboxylic acids is 5. The number of hydrogen-bond acceptors (Lipinski definition) is 6. The van der Waals surface area contributed by atoms with Crippen LogP contribution < -0.4 is 31.3 Å². The molecule has 2 bridgehead atoms. The molecular formula is C34H37N5O6. The highest BCUT2D eigenvalue weighted by molar-refractivity contribution is 5.99. The Morgan fingerprint density at radius 3 is 2.18 bits per heavy atom. The third-order valence-electron chi connectivity index (χ3n) is 7.89. The molecule has 45 heavy (non-hydrogen) atoms. The van der Waals surface area contributed by atoms with Crippen LogP contribution in [0.5, 0.6) is 5.75 Å². The topological polar surface area (TPSA) is 155 Å². The van der Waals surface area contributed by atoms with E-state index in [-0.39, 0.29) is 31.9 Å². The van der Waals surface area contributed by atoms with Crippen LogP contribution in [0.25, 0.3) is 0 Å². The maximum absolute atomic E-state index is 13.5. The fourth-order valence-electron chi connectivity index (χ4n) is 5.09. The number of benzene rings is 3. The monoisotopic (exact) mass is 611 g/mol. The smallest absolute Gasteiger partial charge is 0.251 e. The summed E-state index contributed by atoms with van der Waals surface area (Å²) in [5, 5.41) is 13.9. The highest BCUT2D eigenvalue weighted by Gasteiger charge is 2.51. The van der Waals surface area contributed by atoms with E-state index in [2.05, 4.69) is 26.6 Å². The van der Waals surface area contributed by atoms with E-state index in [0.717, 1.165) is 11.1 Å². The first-order valence-corrected chi connectivity index (χ1v) is 15.0. The molecule has 2 heterocycles. The van der Waals surface area contributed by atoms with Crippen molar-refractivity contribution in [3.05, 3.63) is 102 Å². The molecule has 3 aromatic carbocycles. The standard InChI is InChI=1S/C34H37N5O6/c1-22-29(40)37-28(20-23-8-4-2-5-9-23)32(43)39-34(16-17-34)33(44)35-18-19-45-26-14-12-24(13-15-26)21-27(31(42)36-22)38-30(41)25-10-6-3-7-11-25/h2-15,22,27-28H,16-21H2,1H3,(H,35,44)(H,36,42)(H,37,40)(H,38,41)(H,39,43)/t22-,27-,28+/m0/s1. The minimum Gasteiger partial charge on any atom is -0.492 e. The second-order valence-corrected chi connectivity index (χ2v) is 11.4. The maximum Gasteiger partial charge on any atom is 0.251 e. The molecule has 1 spiro atoms. The fraction of sp³-hybridized carbons (Fsp3) is 0.324. The van der Waals surface area contributed by atoms with E-state index in [0.29, 0.717) is 24.2 Å². The lowest BCUT2D eigenvalue weighted by molar-refractivity contribution is -0.134. The number of amides is 5. The van der Waals surface area contributed by atoms with E-state index < -0.39 is 47.3 Å². The van der Waals surface area contributed by atoms with Gasteiger partial charge in [0.2, 0.25) is 23.6 Å². The fourth-order valence-corrected chi connectivity index (χ4v) is 5.09. The van der Waals surface area contributed by atoms with Crippen LogP contribution in [0.15, 0.2) is 84.9 Å². The number of fused-ring (bicyclic) bond motifs is 15. The van der Waals surface area contributed by atoms with Crippen LogP contribution in [-0.4, -0.2) is 66.4 Å². The van der Waals surface area contributed by atoms with Gasteiger partial charge in [0.1, 0.15) is 36.0 Å². The molecule has 6 rings (SSSR count). The SMILES string of the molecule is C[C@@H]1NC(=O)[C@@H](NC(=O)c2ccccc2)Cc2ccc(cc2)OCCNC(=O)C2(CC2)NC(=O)[C@@H](Cc2ccccc2)NC1=O. The molecule has 5 N–H and O–H groups in total. The van der Waals surface area contributed by atoms with Gasteiger partial charge in [-0.25, -0.2) is 0 Å². The first-order chi connectivity index (χ1) is 21.7. The zero-order chi connectivity index (χ0) is 31.8. The first-order valence-electron chi connectivity index (χ1n) is 15.0. The molecule has 234 valence electrons. The van der Waals surface area contributed by atoms with Crippen molar-refractivity contribution in [2.45, 2.75) is 56.3 Å². The highest BCUT2D eigenvalue weighted by Crippen LogP contribution is 2.35. The van der Waals surface area contributed by atoms with E-state index >= 15 is 0 Å². The second kappa shape index (κ2) is 14.1. The Morgan fingerprint density at radius 2 is 1.51 bits per heavy atom. The summed E-state index contributed by atoms with van der Waals surface area (Å²) in [6, 6.07) is 21.8. The van der Waals surface area contributed by atoms with Crippen molar-refractivity contribution in [2.24, 2.45) is 0 Å². The van der Waals surface area contributed by atoms with Crippen LogP contribution in [0.4, 0.5) is 0 Å². The summed E-state index contributed by atoms with van der Waals surface area (Å²) >= 11 is 0. The van der Waals surface area contributed by atoms with E-state index in [1.807, 2.05) is 30.3 Å². The Balaban J connectivity index is 1.39. The van der Waals surface area contributed by atoms with E-state index in [1.54, 1.807) is 54.6 Å². The van der Waals surface area contributed by atoms with Gasteiger partial charge in [0, 0.05) is 18.4 Å². The predicted molar refractivity (Wildman–Crippen MR) is 166 cm³/mol. The summed E-state index contributed by atoms with van der Waals surface area (Å²) in [6.07, 6.45) is 1.27. The summed E-state index contributed by atoms with van der Waals surface area (Å²) < 4.78 is 5.78. The van der Waals surface area contributed by atoms with Crippen molar-refractivity contribution >= 4 is 29.5 Å². The van der Waals surface area contributed by atoms with Gasteiger partial charge in [-0.05, 0) is 55.2 Å². The van der Waals surface area contributed by atoms with Crippen molar-refractivity contribution in [1.29, 1.82) is 0 Å². The number of nitrogens with one attached hydrogen (secondary N) is 5. The van der Waals surface area contributed by atoms with Gasteiger partial charge in [0.15, 0.2) is 0 Å². The van der Waals surface area contributed by atoms with E-state index in [1.165, 1.54) is 6.92 Å². The van der Waals surface area contributed by atoms with Gasteiger partial charge in [0.05, 0.1) is 6.54 Å². The molecule has 0 radical (unpaired) electrons. The molecule has 11 nitrogen and oxygen atoms in total. The summed E-state index contributed by atoms with van der Waals surface area (Å²) in [5.41, 5.74) is 0.904. The first kappa shape index (κ1) is 31.2. The molecule has 11 heteroatoms. The van der Waals surface area contributed by atoms with Crippen LogP contribution in [0.1, 0.15) is 41.3 Å². The third kappa shape index (κ3) is 8.26. The lowest BCUT2D eigenvalue weighted by Gasteiger charge is -2.25. The number of ether oxygens (including phenoxy) is 1. The average molecular weight is 612 g/mol. The quantitative estimate of drug-likeness (QED) is 0.281. The molecule has 1 saturated carbocycles. The number of rotatable bonds is 4. The highest BCUT2D eigenvalue weighted by atomic mass is 16.5. The lowest BCUT2D eigenvalue weighted by atomic mass is 10.0. The van der Waals surface area contributed by atoms with Gasteiger partial charge in [-0.15, -0.1) is 0 Å². The van der Waals surface area contributed by atoms with Gasteiger partial charge in [-0.1, -0.05) is 60.7 Å². The van der Waals surface area contributed by atoms with E-state index in [4.69, 9.17) is 4.74 Å². The minimum atomic E-state index is -1.05. The predicted octanol–water partition coefficient (Wildman–Crippen LogP) is 1.42. The van der Waals surface area contributed by atoms with Gasteiger partial charge < -0.3 is 31.3 Å². The van der Waals surface area contributed by atoms with Crippen molar-refractivity contribution in [1.82, 2.24) is 26.6 Å². The Bertz CT molecular complexity index is 1530. The largest absolute Gasteiger partial charge is 0.492 e. The molecule has 5 amide bonds.